The Morgan fingerprint density at radius 2 is 2.40 bits per heavy atom. The molecule has 20 heavy (non-hydrogen) atoms. The maximum absolute atomic E-state index is 11.9. The molecule has 0 radical (unpaired) electrons. The van der Waals surface area contributed by atoms with E-state index in [-0.39, 0.29) is 5.91 Å². The molecular weight excluding hydrogens is 274 g/mol. The van der Waals surface area contributed by atoms with Crippen LogP contribution in [-0.2, 0) is 0 Å². The van der Waals surface area contributed by atoms with E-state index in [2.05, 4.69) is 27.5 Å². The van der Waals surface area contributed by atoms with Crippen LogP contribution in [0.1, 0.15) is 29.4 Å². The van der Waals surface area contributed by atoms with Gasteiger partial charge in [-0.05, 0) is 25.9 Å². The van der Waals surface area contributed by atoms with Crippen molar-refractivity contribution >= 4 is 17.7 Å². The first-order chi connectivity index (χ1) is 9.81. The van der Waals surface area contributed by atoms with Gasteiger partial charge in [0.25, 0.3) is 5.91 Å². The van der Waals surface area contributed by atoms with E-state index in [1.54, 1.807) is 18.0 Å². The lowest BCUT2D eigenvalue weighted by Crippen LogP contribution is -2.29. The first-order valence-electron chi connectivity index (χ1n) is 6.90. The average molecular weight is 295 g/mol. The van der Waals surface area contributed by atoms with Gasteiger partial charge in [-0.25, -0.2) is 4.68 Å². The first-order valence-corrected chi connectivity index (χ1v) is 8.06. The highest BCUT2D eigenvalue weighted by Gasteiger charge is 2.18. The molecule has 2 heterocycles. The molecule has 1 aromatic rings. The molecule has 0 aliphatic carbocycles. The summed E-state index contributed by atoms with van der Waals surface area (Å²) in [6.45, 7) is 6.28. The highest BCUT2D eigenvalue weighted by molar-refractivity contribution is 7.99. The number of amides is 1. The Hall–Kier alpha value is -1.34. The fraction of sp³-hybridized carbons (Fsp3) is 0.615. The Morgan fingerprint density at radius 3 is 3.15 bits per heavy atom. The highest BCUT2D eigenvalue weighted by Crippen LogP contribution is 2.16. The molecule has 0 unspecified atom stereocenters. The lowest BCUT2D eigenvalue weighted by Gasteiger charge is -2.22. The minimum atomic E-state index is -0.149. The van der Waals surface area contributed by atoms with Crippen molar-refractivity contribution in [2.24, 2.45) is 0 Å². The van der Waals surface area contributed by atoms with Gasteiger partial charge in [-0.15, -0.1) is 11.7 Å². The molecule has 1 fully saturated rings. The zero-order valence-electron chi connectivity index (χ0n) is 11.5. The summed E-state index contributed by atoms with van der Waals surface area (Å²) in [4.78, 5) is 11.9. The van der Waals surface area contributed by atoms with Crippen LogP contribution in [0.3, 0.4) is 0 Å². The van der Waals surface area contributed by atoms with Gasteiger partial charge in [-0.3, -0.25) is 4.79 Å². The maximum Gasteiger partial charge on any atom is 0.273 e. The van der Waals surface area contributed by atoms with Gasteiger partial charge in [0, 0.05) is 18.1 Å². The molecule has 0 saturated carbocycles. The van der Waals surface area contributed by atoms with E-state index in [0.29, 0.717) is 18.3 Å². The molecule has 0 aromatic carbocycles. The van der Waals surface area contributed by atoms with Crippen molar-refractivity contribution in [3.05, 3.63) is 24.5 Å². The van der Waals surface area contributed by atoms with Crippen molar-refractivity contribution in [1.82, 2.24) is 25.6 Å². The van der Waals surface area contributed by atoms with E-state index < -0.39 is 0 Å². The Kier molecular flexibility index (Phi) is 6.07. The molecule has 6 nitrogen and oxygen atoms in total. The van der Waals surface area contributed by atoms with Crippen LogP contribution in [0.15, 0.2) is 18.9 Å². The number of nitrogens with zero attached hydrogens (tertiary/aromatic N) is 3. The van der Waals surface area contributed by atoms with Crippen LogP contribution < -0.4 is 10.6 Å². The average Bonchev–Trinajstić information content (AvgIpc) is 2.98. The van der Waals surface area contributed by atoms with Crippen molar-refractivity contribution < 1.29 is 4.79 Å². The number of hydrogen-bond donors (Lipinski definition) is 2. The molecule has 0 spiro atoms. The number of carbonyl (C=O) groups excluding carboxylic acids is 1. The molecule has 1 aliphatic rings. The highest BCUT2D eigenvalue weighted by atomic mass is 32.2. The third-order valence-corrected chi connectivity index (χ3v) is 4.16. The van der Waals surface area contributed by atoms with Gasteiger partial charge in [0.15, 0.2) is 5.69 Å². The SMILES string of the molecule is C=CCSCCNC(=O)c1cn(C2CCNCC2)nn1. The van der Waals surface area contributed by atoms with E-state index in [1.807, 2.05) is 10.8 Å². The van der Waals surface area contributed by atoms with Crippen LogP contribution in [0, 0.1) is 0 Å². The second-order valence-corrected chi connectivity index (χ2v) is 5.83. The van der Waals surface area contributed by atoms with Crippen LogP contribution >= 0.6 is 11.8 Å². The molecule has 0 atom stereocenters. The number of nitrogens with one attached hydrogen (secondary N) is 2. The molecule has 1 amide bonds. The minimum Gasteiger partial charge on any atom is -0.350 e. The molecule has 2 rings (SSSR count). The number of piperidine rings is 1. The van der Waals surface area contributed by atoms with Gasteiger partial charge in [0.1, 0.15) is 0 Å². The minimum absolute atomic E-state index is 0.149. The molecule has 0 bridgehead atoms. The van der Waals surface area contributed by atoms with E-state index in [9.17, 15) is 4.79 Å². The Balaban J connectivity index is 1.78. The van der Waals surface area contributed by atoms with Crippen molar-refractivity contribution in [3.8, 4) is 0 Å². The van der Waals surface area contributed by atoms with Gasteiger partial charge in [-0.2, -0.15) is 11.8 Å². The van der Waals surface area contributed by atoms with Gasteiger partial charge in [-0.1, -0.05) is 11.3 Å². The largest absolute Gasteiger partial charge is 0.350 e. The summed E-state index contributed by atoms with van der Waals surface area (Å²) in [7, 11) is 0. The standard InChI is InChI=1S/C13H21N5OS/c1-2-8-20-9-7-15-13(19)12-10-18(17-16-12)11-3-5-14-6-4-11/h2,10-11,14H,1,3-9H2,(H,15,19). The van der Waals surface area contributed by atoms with Crippen molar-refractivity contribution in [3.63, 3.8) is 0 Å². The molecule has 110 valence electrons. The maximum atomic E-state index is 11.9. The lowest BCUT2D eigenvalue weighted by molar-refractivity contribution is 0.0951. The van der Waals surface area contributed by atoms with E-state index >= 15 is 0 Å². The number of thioether (sulfide) groups is 1. The Bertz CT molecular complexity index is 442. The summed E-state index contributed by atoms with van der Waals surface area (Å²) in [5.74, 6) is 1.63. The third-order valence-electron chi connectivity index (χ3n) is 3.19. The number of carbonyl (C=O) groups is 1. The summed E-state index contributed by atoms with van der Waals surface area (Å²) in [5, 5.41) is 14.2. The summed E-state index contributed by atoms with van der Waals surface area (Å²) in [5.41, 5.74) is 0.400. The normalized spacial score (nSPS) is 16.0. The smallest absolute Gasteiger partial charge is 0.273 e. The van der Waals surface area contributed by atoms with E-state index in [0.717, 1.165) is 37.4 Å². The van der Waals surface area contributed by atoms with Gasteiger partial charge in [0.05, 0.1) is 12.2 Å². The number of rotatable bonds is 7. The summed E-state index contributed by atoms with van der Waals surface area (Å²) < 4.78 is 1.82. The third kappa shape index (κ3) is 4.35. The van der Waals surface area contributed by atoms with Crippen molar-refractivity contribution in [2.75, 3.05) is 31.1 Å². The van der Waals surface area contributed by atoms with Crippen LogP contribution in [0.25, 0.3) is 0 Å². The van der Waals surface area contributed by atoms with Gasteiger partial charge >= 0.3 is 0 Å². The van der Waals surface area contributed by atoms with Crippen LogP contribution in [0.5, 0.6) is 0 Å². The Morgan fingerprint density at radius 1 is 1.60 bits per heavy atom. The zero-order chi connectivity index (χ0) is 14.2. The monoisotopic (exact) mass is 295 g/mol. The lowest BCUT2D eigenvalue weighted by atomic mass is 10.1. The van der Waals surface area contributed by atoms with Crippen molar-refractivity contribution in [2.45, 2.75) is 18.9 Å². The predicted octanol–water partition coefficient (Wildman–Crippen LogP) is 0.852. The predicted molar refractivity (Wildman–Crippen MR) is 81.0 cm³/mol. The quantitative estimate of drug-likeness (QED) is 0.576. The van der Waals surface area contributed by atoms with Crippen LogP contribution in [0.4, 0.5) is 0 Å². The summed E-state index contributed by atoms with van der Waals surface area (Å²) in [6.07, 6.45) is 5.67. The van der Waals surface area contributed by atoms with E-state index in [1.165, 1.54) is 0 Å². The molecular formula is C13H21N5OS. The number of aromatic nitrogens is 3. The van der Waals surface area contributed by atoms with Crippen LogP contribution in [-0.4, -0.2) is 52.0 Å². The number of hydrogen-bond acceptors (Lipinski definition) is 5. The van der Waals surface area contributed by atoms with E-state index in [4.69, 9.17) is 0 Å². The van der Waals surface area contributed by atoms with Crippen molar-refractivity contribution in [1.29, 1.82) is 0 Å². The first kappa shape index (κ1) is 15.1. The van der Waals surface area contributed by atoms with Crippen LogP contribution in [0.2, 0.25) is 0 Å². The molecule has 1 aliphatic heterocycles. The molecule has 7 heteroatoms. The molecule has 2 N–H and O–H groups in total. The second-order valence-electron chi connectivity index (χ2n) is 4.68. The molecule has 1 saturated heterocycles. The zero-order valence-corrected chi connectivity index (χ0v) is 12.4. The second kappa shape index (κ2) is 8.06. The van der Waals surface area contributed by atoms with Gasteiger partial charge < -0.3 is 10.6 Å². The topological polar surface area (TPSA) is 71.8 Å². The summed E-state index contributed by atoms with van der Waals surface area (Å²) >= 11 is 1.74. The molecule has 1 aromatic heterocycles. The van der Waals surface area contributed by atoms with Gasteiger partial charge in [0.2, 0.25) is 0 Å². The summed E-state index contributed by atoms with van der Waals surface area (Å²) in [6, 6.07) is 0.355. The Labute approximate surface area is 123 Å². The fourth-order valence-corrected chi connectivity index (χ4v) is 2.70. The fourth-order valence-electron chi connectivity index (χ4n) is 2.12.